The van der Waals surface area contributed by atoms with Crippen molar-refractivity contribution in [2.45, 2.75) is 6.54 Å². The van der Waals surface area contributed by atoms with Crippen LogP contribution in [0, 0.1) is 0 Å². The first-order valence-electron chi connectivity index (χ1n) is 8.73. The van der Waals surface area contributed by atoms with Crippen LogP contribution in [-0.2, 0) is 16.1 Å². The Morgan fingerprint density at radius 1 is 1.10 bits per heavy atom. The molecule has 1 saturated heterocycles. The van der Waals surface area contributed by atoms with E-state index in [0.717, 1.165) is 32.2 Å². The Morgan fingerprint density at radius 2 is 1.90 bits per heavy atom. The predicted molar refractivity (Wildman–Crippen MR) is 114 cm³/mol. The van der Waals surface area contributed by atoms with E-state index >= 15 is 0 Å². The van der Waals surface area contributed by atoms with Crippen molar-refractivity contribution in [1.82, 2.24) is 14.9 Å². The van der Waals surface area contributed by atoms with Gasteiger partial charge in [0.15, 0.2) is 0 Å². The lowest BCUT2D eigenvalue weighted by molar-refractivity contribution is -0.123. The largest absolute Gasteiger partial charge is 0.340 e. The molecular weight excluding hydrogens is 456 g/mol. The first kappa shape index (κ1) is 18.1. The Labute approximate surface area is 177 Å². The summed E-state index contributed by atoms with van der Waals surface area (Å²) < 4.78 is 0.790. The van der Waals surface area contributed by atoms with Gasteiger partial charge in [-0.15, -0.1) is 0 Å². The Bertz CT molecular complexity index is 1230. The highest BCUT2D eigenvalue weighted by molar-refractivity contribution is 9.10. The number of amides is 3. The van der Waals surface area contributed by atoms with Gasteiger partial charge in [-0.25, -0.2) is 4.98 Å². The number of H-pyrrole nitrogens is 1. The summed E-state index contributed by atoms with van der Waals surface area (Å²) in [4.78, 5) is 48.8. The molecule has 5 rings (SSSR count). The lowest BCUT2D eigenvalue weighted by Gasteiger charge is -2.10. The number of likely N-dealkylation sites (N-methyl/N-ethyl adjacent to an activating group) is 1. The van der Waals surface area contributed by atoms with Crippen LogP contribution in [0.5, 0.6) is 0 Å². The van der Waals surface area contributed by atoms with Gasteiger partial charge in [0, 0.05) is 17.1 Å². The minimum atomic E-state index is -0.481. The summed E-state index contributed by atoms with van der Waals surface area (Å²) >= 11 is 4.20. The van der Waals surface area contributed by atoms with Gasteiger partial charge in [-0.3, -0.25) is 19.3 Å². The number of rotatable bonds is 2. The number of aromatic amines is 1. The van der Waals surface area contributed by atoms with Gasteiger partial charge in [-0.05, 0) is 42.1 Å². The second-order valence-corrected chi connectivity index (χ2v) is 8.57. The molecule has 1 aromatic heterocycles. The van der Waals surface area contributed by atoms with Crippen molar-refractivity contribution in [2.75, 3.05) is 11.9 Å². The SMILES string of the molecule is CN1C(=O)/C(=C2\SC(=O)N(Cc3nc4ccccc4[nH]3)C2=O)c2cc(Br)ccc21. The van der Waals surface area contributed by atoms with Crippen LogP contribution in [0.1, 0.15) is 11.4 Å². The molecular formula is C20H13BrN4O3S. The number of halogens is 1. The van der Waals surface area contributed by atoms with E-state index < -0.39 is 11.1 Å². The maximum Gasteiger partial charge on any atom is 0.294 e. The Balaban J connectivity index is 1.54. The zero-order valence-corrected chi connectivity index (χ0v) is 17.5. The Kier molecular flexibility index (Phi) is 4.11. The van der Waals surface area contributed by atoms with E-state index in [9.17, 15) is 14.4 Å². The maximum atomic E-state index is 13.1. The van der Waals surface area contributed by atoms with Crippen molar-refractivity contribution >= 4 is 67.0 Å². The highest BCUT2D eigenvalue weighted by Gasteiger charge is 2.43. The number of anilines is 1. The second-order valence-electron chi connectivity index (χ2n) is 6.69. The van der Waals surface area contributed by atoms with Crippen LogP contribution in [-0.4, -0.2) is 39.0 Å². The van der Waals surface area contributed by atoms with Crippen molar-refractivity contribution in [3.05, 3.63) is 63.2 Å². The molecule has 3 heterocycles. The van der Waals surface area contributed by atoms with Crippen molar-refractivity contribution in [3.8, 4) is 0 Å². The highest BCUT2D eigenvalue weighted by Crippen LogP contribution is 2.45. The lowest BCUT2D eigenvalue weighted by atomic mass is 10.1. The smallest absolute Gasteiger partial charge is 0.294 e. The fourth-order valence-corrected chi connectivity index (χ4v) is 4.82. The van der Waals surface area contributed by atoms with Crippen LogP contribution in [0.3, 0.4) is 0 Å². The molecule has 0 saturated carbocycles. The number of para-hydroxylation sites is 2. The number of imide groups is 1. The molecule has 3 amide bonds. The summed E-state index contributed by atoms with van der Waals surface area (Å²) in [6.45, 7) is 0.0193. The van der Waals surface area contributed by atoms with Gasteiger partial charge in [0.25, 0.3) is 17.1 Å². The summed E-state index contributed by atoms with van der Waals surface area (Å²) in [6, 6.07) is 12.9. The summed E-state index contributed by atoms with van der Waals surface area (Å²) in [6.07, 6.45) is 0. The lowest BCUT2D eigenvalue weighted by Crippen LogP contribution is -2.28. The summed E-state index contributed by atoms with van der Waals surface area (Å²) in [7, 11) is 1.65. The van der Waals surface area contributed by atoms with Crippen LogP contribution in [0.15, 0.2) is 51.8 Å². The number of imidazole rings is 1. The summed E-state index contributed by atoms with van der Waals surface area (Å²) in [5.41, 5.74) is 3.20. The number of nitrogens with one attached hydrogen (secondary N) is 1. The van der Waals surface area contributed by atoms with Crippen LogP contribution >= 0.6 is 27.7 Å². The third kappa shape index (κ3) is 2.80. The summed E-state index contributed by atoms with van der Waals surface area (Å²) in [5.74, 6) is -0.268. The number of hydrogen-bond acceptors (Lipinski definition) is 5. The van der Waals surface area contributed by atoms with Crippen molar-refractivity contribution in [3.63, 3.8) is 0 Å². The van der Waals surface area contributed by atoms with Gasteiger partial charge in [-0.2, -0.15) is 0 Å². The molecule has 29 heavy (non-hydrogen) atoms. The maximum absolute atomic E-state index is 13.1. The summed E-state index contributed by atoms with van der Waals surface area (Å²) in [5, 5.41) is -0.420. The standard InChI is InChI=1S/C20H13BrN4O3S/c1-24-14-7-6-10(21)8-11(14)16(18(24)26)17-19(27)25(20(28)29-17)9-15-22-12-4-2-3-5-13(12)23-15/h2-8H,9H2,1H3,(H,22,23)/b17-16-. The molecule has 144 valence electrons. The molecule has 2 aromatic carbocycles. The second kappa shape index (κ2) is 6.57. The zero-order valence-electron chi connectivity index (χ0n) is 15.1. The van der Waals surface area contributed by atoms with E-state index in [2.05, 4.69) is 25.9 Å². The monoisotopic (exact) mass is 468 g/mol. The first-order valence-corrected chi connectivity index (χ1v) is 10.3. The molecule has 0 radical (unpaired) electrons. The van der Waals surface area contributed by atoms with E-state index in [4.69, 9.17) is 0 Å². The van der Waals surface area contributed by atoms with Crippen molar-refractivity contribution in [1.29, 1.82) is 0 Å². The van der Waals surface area contributed by atoms with Gasteiger partial charge in [0.2, 0.25) is 0 Å². The van der Waals surface area contributed by atoms with E-state index in [1.54, 1.807) is 13.1 Å². The van der Waals surface area contributed by atoms with Crippen molar-refractivity contribution < 1.29 is 14.4 Å². The predicted octanol–water partition coefficient (Wildman–Crippen LogP) is 3.91. The molecule has 3 aromatic rings. The van der Waals surface area contributed by atoms with Crippen LogP contribution in [0.2, 0.25) is 0 Å². The van der Waals surface area contributed by atoms with E-state index in [-0.39, 0.29) is 22.9 Å². The molecule has 0 unspecified atom stereocenters. The van der Waals surface area contributed by atoms with E-state index in [1.165, 1.54) is 4.90 Å². The Morgan fingerprint density at radius 3 is 2.69 bits per heavy atom. The van der Waals surface area contributed by atoms with E-state index in [1.807, 2.05) is 36.4 Å². The fraction of sp³-hybridized carbons (Fsp3) is 0.100. The average molecular weight is 469 g/mol. The molecule has 7 nitrogen and oxygen atoms in total. The molecule has 1 N–H and O–H groups in total. The number of benzene rings is 2. The minimum Gasteiger partial charge on any atom is -0.340 e. The molecule has 0 aliphatic carbocycles. The molecule has 0 atom stereocenters. The highest BCUT2D eigenvalue weighted by atomic mass is 79.9. The van der Waals surface area contributed by atoms with Gasteiger partial charge in [-0.1, -0.05) is 28.1 Å². The molecule has 9 heteroatoms. The number of hydrogen-bond donors (Lipinski definition) is 1. The van der Waals surface area contributed by atoms with Gasteiger partial charge >= 0.3 is 0 Å². The average Bonchev–Trinajstić information content (AvgIpc) is 3.31. The molecule has 1 fully saturated rings. The quantitative estimate of drug-likeness (QED) is 0.576. The van der Waals surface area contributed by atoms with Crippen LogP contribution < -0.4 is 4.90 Å². The normalized spacial score (nSPS) is 19.0. The molecule has 2 aliphatic rings. The molecule has 0 bridgehead atoms. The minimum absolute atomic E-state index is 0.0193. The van der Waals surface area contributed by atoms with Crippen LogP contribution in [0.4, 0.5) is 10.5 Å². The number of nitrogens with zero attached hydrogens (tertiary/aromatic N) is 3. The number of carbonyl (C=O) groups is 3. The zero-order chi connectivity index (χ0) is 20.3. The Hall–Kier alpha value is -2.91. The molecule has 0 spiro atoms. The molecule has 2 aliphatic heterocycles. The van der Waals surface area contributed by atoms with Crippen LogP contribution in [0.25, 0.3) is 16.6 Å². The van der Waals surface area contributed by atoms with Gasteiger partial charge < -0.3 is 9.88 Å². The number of aromatic nitrogens is 2. The fourth-order valence-electron chi connectivity index (χ4n) is 3.53. The first-order chi connectivity index (χ1) is 13.9. The third-order valence-corrected chi connectivity index (χ3v) is 6.40. The number of thioether (sulfide) groups is 1. The van der Waals surface area contributed by atoms with Crippen molar-refractivity contribution in [2.24, 2.45) is 0 Å². The van der Waals surface area contributed by atoms with Gasteiger partial charge in [0.1, 0.15) is 5.82 Å². The van der Waals surface area contributed by atoms with Gasteiger partial charge in [0.05, 0.1) is 33.7 Å². The topological polar surface area (TPSA) is 86.4 Å². The number of carbonyl (C=O) groups excluding carboxylic acids is 3. The van der Waals surface area contributed by atoms with E-state index in [0.29, 0.717) is 17.1 Å². The third-order valence-electron chi connectivity index (χ3n) is 4.93. The number of fused-ring (bicyclic) bond motifs is 2.